The van der Waals surface area contributed by atoms with E-state index >= 15 is 0 Å². The molecule has 0 unspecified atom stereocenters. The van der Waals surface area contributed by atoms with Gasteiger partial charge in [0.15, 0.2) is 5.78 Å². The second kappa shape index (κ2) is 50.8. The molecule has 0 saturated heterocycles. The van der Waals surface area contributed by atoms with Gasteiger partial charge in [-0.15, -0.1) is 167 Å². The molecule has 0 saturated carbocycles. The summed E-state index contributed by atoms with van der Waals surface area (Å²) in [5, 5.41) is 11.9. The second-order valence-corrected chi connectivity index (χ2v) is 38.3. The minimum absolute atomic E-state index is 0. The minimum Gasteiger partial charge on any atom is -0.512 e. The number of benzene rings is 13. The van der Waals surface area contributed by atoms with Gasteiger partial charge in [-0.1, -0.05) is 253 Å². The van der Waals surface area contributed by atoms with Gasteiger partial charge in [0.05, 0.1) is 11.6 Å². The number of imidazole rings is 1. The third-order valence-corrected chi connectivity index (χ3v) is 24.0. The molecular weight excluding hydrogens is 2600 g/mol. The number of aliphatic hydroxyl groups excluding tert-OH is 1. The van der Waals surface area contributed by atoms with Crippen LogP contribution < -0.4 is 0 Å². The Hall–Kier alpha value is -11.7. The molecule has 19 aromatic rings. The van der Waals surface area contributed by atoms with E-state index in [1.807, 2.05) is 183 Å². The normalized spacial score (nSPS) is 11.0. The Morgan fingerprint density at radius 3 is 1.09 bits per heavy atom. The Morgan fingerprint density at radius 2 is 0.710 bits per heavy atom. The number of allylic oxidation sites excluding steroid dienone is 2. The molecule has 0 aliphatic heterocycles. The molecule has 14 heteroatoms. The van der Waals surface area contributed by atoms with Crippen LogP contribution in [0.15, 0.2) is 395 Å². The van der Waals surface area contributed by atoms with Gasteiger partial charge in [0, 0.05) is 155 Å². The van der Waals surface area contributed by atoms with Crippen LogP contribution in [0, 0.1) is 44.2 Å². The van der Waals surface area contributed by atoms with E-state index in [9.17, 15) is 4.79 Å². The number of nitrogens with zero attached hydrogens (tertiary/aromatic N) is 6. The summed E-state index contributed by atoms with van der Waals surface area (Å²) >= 11 is 1.73. The fourth-order valence-electron chi connectivity index (χ4n) is 15.7. The number of aromatic nitrogens is 6. The van der Waals surface area contributed by atoms with Crippen molar-refractivity contribution in [3.63, 3.8) is 0 Å². The van der Waals surface area contributed by atoms with Crippen LogP contribution in [0.5, 0.6) is 0 Å². The van der Waals surface area contributed by atoms with Crippen molar-refractivity contribution in [3.8, 4) is 128 Å². The zero-order valence-corrected chi connectivity index (χ0v) is 93.4. The first kappa shape index (κ1) is 110. The van der Waals surface area contributed by atoms with Crippen LogP contribution in [0.3, 0.4) is 0 Å². The molecule has 6 aromatic heterocycles. The van der Waals surface area contributed by atoms with Crippen LogP contribution in [0.2, 0.25) is 0 Å². The molecular formula is C124H113Ir5N6O2S-5. The molecule has 13 aromatic carbocycles. The molecule has 707 valence electrons. The van der Waals surface area contributed by atoms with Crippen molar-refractivity contribution in [2.75, 3.05) is 0 Å². The molecule has 0 atom stereocenters. The number of fused-ring (bicyclic) bond motifs is 2. The number of carbonyl (C=O) groups excluding carboxylic acids is 1. The molecule has 0 amide bonds. The Labute approximate surface area is 888 Å². The maximum Gasteiger partial charge on any atom is 0.155 e. The zero-order valence-electron chi connectivity index (χ0n) is 80.6. The molecule has 0 aliphatic rings. The molecule has 0 spiro atoms. The first-order valence-corrected chi connectivity index (χ1v) is 45.9. The van der Waals surface area contributed by atoms with E-state index in [2.05, 4.69) is 341 Å². The van der Waals surface area contributed by atoms with Crippen LogP contribution in [0.4, 0.5) is 0 Å². The van der Waals surface area contributed by atoms with E-state index in [0.717, 1.165) is 72.5 Å². The summed E-state index contributed by atoms with van der Waals surface area (Å²) < 4.78 is 3.45. The summed E-state index contributed by atoms with van der Waals surface area (Å²) in [6, 6.07) is 137. The maximum atomic E-state index is 10.0. The van der Waals surface area contributed by atoms with Gasteiger partial charge in [0.1, 0.15) is 0 Å². The van der Waals surface area contributed by atoms with E-state index in [1.165, 1.54) is 130 Å². The number of pyridine rings is 4. The predicted molar refractivity (Wildman–Crippen MR) is 559 cm³/mol. The number of ketones is 1. The summed E-state index contributed by atoms with van der Waals surface area (Å²) in [6.45, 7) is 34.4. The molecule has 0 bridgehead atoms. The SMILES string of the molecule is CC(=O)C=C(C)O.CC(C)(C)c1ccc(-c2cc(-c3ccc(C(C)(C)C)cc3)cc(-c3ccc(-c4[c-]cccc4)nc3)c2)cc1.Cc1cc(-c2cc(-c3ccc(C(C)(C)C)cc3)cc(-c3ccc(C(C)(C)C)cc3)c2)cc(C)c1-n1ccnc1-c1[c-]cccc1.[Ir].[Ir].[Ir].[Ir].[Ir].[c-]1c(-c2ccccn2)sc2ccccc12.[c-]1ccccc1-c1ccccn1.[c-]1ccccc1-c1nccc2ccccc12. The second-order valence-electron chi connectivity index (χ2n) is 37.3. The summed E-state index contributed by atoms with van der Waals surface area (Å²) in [6.07, 6.45) is 12.5. The van der Waals surface area contributed by atoms with Crippen molar-refractivity contribution in [3.05, 3.63) is 459 Å². The molecule has 6 heterocycles. The van der Waals surface area contributed by atoms with Crippen molar-refractivity contribution in [2.45, 2.75) is 132 Å². The average Bonchev–Trinajstić information content (AvgIpc) is 1.32. The molecule has 8 nitrogen and oxygen atoms in total. The van der Waals surface area contributed by atoms with Gasteiger partial charge >= 0.3 is 0 Å². The first-order valence-electron chi connectivity index (χ1n) is 45.1. The molecule has 138 heavy (non-hydrogen) atoms. The van der Waals surface area contributed by atoms with Crippen molar-refractivity contribution < 1.29 is 110 Å². The summed E-state index contributed by atoms with van der Waals surface area (Å²) in [5.41, 5.74) is 31.8. The molecule has 5 radical (unpaired) electrons. The number of thiophene rings is 1. The van der Waals surface area contributed by atoms with Gasteiger partial charge in [0.2, 0.25) is 0 Å². The van der Waals surface area contributed by atoms with Crippen LogP contribution in [0.1, 0.15) is 130 Å². The fourth-order valence-corrected chi connectivity index (χ4v) is 16.7. The number of hydrogen-bond donors (Lipinski definition) is 1. The summed E-state index contributed by atoms with van der Waals surface area (Å²) in [5.74, 6) is 0.837. The van der Waals surface area contributed by atoms with Gasteiger partial charge in [0.25, 0.3) is 0 Å². The van der Waals surface area contributed by atoms with Crippen LogP contribution in [0.25, 0.3) is 149 Å². The van der Waals surface area contributed by atoms with E-state index in [1.54, 1.807) is 17.5 Å². The Morgan fingerprint density at radius 1 is 0.341 bits per heavy atom. The number of aryl methyl sites for hydroxylation is 2. The molecule has 0 fully saturated rings. The number of carbonyl (C=O) groups is 1. The smallest absolute Gasteiger partial charge is 0.155 e. The quantitative estimate of drug-likeness (QED) is 0.0696. The largest absolute Gasteiger partial charge is 0.512 e. The zero-order chi connectivity index (χ0) is 93.8. The van der Waals surface area contributed by atoms with Gasteiger partial charge in [-0.05, 0) is 254 Å². The number of hydrogen-bond acceptors (Lipinski definition) is 8. The van der Waals surface area contributed by atoms with E-state index in [0.29, 0.717) is 0 Å². The monoisotopic (exact) mass is 2710 g/mol. The first-order chi connectivity index (χ1) is 63.9. The summed E-state index contributed by atoms with van der Waals surface area (Å²) in [4.78, 5) is 33.6. The van der Waals surface area contributed by atoms with Gasteiger partial charge < -0.3 is 29.6 Å². The van der Waals surface area contributed by atoms with Crippen LogP contribution in [-0.4, -0.2) is 40.4 Å². The van der Waals surface area contributed by atoms with Gasteiger partial charge in [-0.2, -0.15) is 0 Å². The van der Waals surface area contributed by atoms with Gasteiger partial charge in [-0.3, -0.25) is 9.78 Å². The third-order valence-electron chi connectivity index (χ3n) is 22.9. The summed E-state index contributed by atoms with van der Waals surface area (Å²) in [7, 11) is 0. The molecule has 0 aliphatic carbocycles. The Balaban J connectivity index is 0.000000203. The van der Waals surface area contributed by atoms with Crippen molar-refractivity contribution in [2.24, 2.45) is 0 Å². The maximum absolute atomic E-state index is 10.0. The van der Waals surface area contributed by atoms with Crippen molar-refractivity contribution in [1.29, 1.82) is 0 Å². The minimum atomic E-state index is -0.125. The van der Waals surface area contributed by atoms with E-state index in [4.69, 9.17) is 15.1 Å². The topological polar surface area (TPSA) is 107 Å². The average molecular weight is 2710 g/mol. The van der Waals surface area contributed by atoms with Crippen LogP contribution in [-0.2, 0) is 127 Å². The van der Waals surface area contributed by atoms with E-state index < -0.39 is 0 Å². The molecule has 1 N–H and O–H groups in total. The van der Waals surface area contributed by atoms with Gasteiger partial charge in [-0.25, -0.2) is 11.3 Å². The van der Waals surface area contributed by atoms with Crippen LogP contribution >= 0.6 is 11.3 Å². The molecule has 19 rings (SSSR count). The van der Waals surface area contributed by atoms with Crippen molar-refractivity contribution in [1.82, 2.24) is 29.5 Å². The number of aliphatic hydroxyl groups is 1. The predicted octanol–water partition coefficient (Wildman–Crippen LogP) is 32.7. The standard InChI is InChI=1S/C43H43N2.C37H36N.C15H10N.C13H8NS.C11H8N.C5H8O2.5Ir/c1-29-24-34(25-30(2)40(29)45-23-22-44-41(45)33-12-10-9-11-13-33)37-27-35(31-14-18-38(19-15-31)42(3,4)5)26-36(28-37)32-16-20-39(21-17-32)43(6,7)8;1-36(2,3)33-17-12-26(13-18-33)30-22-31(27-14-19-34(20-15-27)37(4,5)6)24-32(23-30)29-16-21-35(38-25-29)28-10-8-7-9-11-28;1-2-7-13(8-3-1)15-14-9-5-4-6-12(14)10-11-16-15;1-2-7-12-10(5-1)9-13(15-12)11-6-3-4-8-14-11;1-2-6-10(7-3-1)11-8-4-5-9-12-11;1-4(6)3-5(2)7;;;;;/h9-12,14-28H,1-8H3;7-10,12-25H,1-6H3;1-7,9-11H;1-8H;1-6,8-9H;3,6H,1-2H3;;;;;/q5*-1;;;;;;. The third kappa shape index (κ3) is 29.7. The Bertz CT molecular complexity index is 6840. The van der Waals surface area contributed by atoms with Crippen molar-refractivity contribution >= 4 is 38.0 Å². The number of rotatable bonds is 13. The Kier molecular flexibility index (Phi) is 40.5. The fraction of sp³-hybridized carbons (Fsp3) is 0.161. The van der Waals surface area contributed by atoms with E-state index in [-0.39, 0.29) is 134 Å².